The van der Waals surface area contributed by atoms with Crippen molar-refractivity contribution in [2.75, 3.05) is 39.7 Å². The van der Waals surface area contributed by atoms with E-state index in [1.807, 2.05) is 12.1 Å². The summed E-state index contributed by atoms with van der Waals surface area (Å²) >= 11 is 0. The number of nitrogens with one attached hydrogen (secondary N) is 3. The molecule has 7 nitrogen and oxygen atoms in total. The maximum absolute atomic E-state index is 13.0. The largest absolute Gasteiger partial charge is 0.497 e. The number of nitrogens with zero attached hydrogens (tertiary/aromatic N) is 2. The third kappa shape index (κ3) is 6.44. The van der Waals surface area contributed by atoms with E-state index in [-0.39, 0.29) is 12.4 Å². The monoisotopic (exact) mass is 411 g/mol. The Bertz CT molecular complexity index is 828. The van der Waals surface area contributed by atoms with Gasteiger partial charge in [0.05, 0.1) is 19.8 Å². The molecular formula is C19H24F3N5O2. The predicted molar refractivity (Wildman–Crippen MR) is 105 cm³/mol. The molecule has 1 heterocycles. The third-order valence-corrected chi connectivity index (χ3v) is 3.99. The third-order valence-electron chi connectivity index (χ3n) is 3.99. The number of hydrogen-bond acceptors (Lipinski definition) is 5. The fraction of sp³-hybridized carbons (Fsp3) is 0.368. The Hall–Kier alpha value is -3.17. The normalized spacial score (nSPS) is 11.7. The number of alkyl halides is 3. The van der Waals surface area contributed by atoms with E-state index in [1.54, 1.807) is 27.3 Å². The standard InChI is InChI=1S/C19H24F3N5O2/c1-23-18(27-12-13-6-7-14(28-2)11-16(13)29-3)26-10-9-25-17-15(19(20,21)22)5-4-8-24-17/h4-8,11H,9-10,12H2,1-3H3,(H,24,25)(H2,23,26,27). The number of rotatable bonds is 8. The lowest BCUT2D eigenvalue weighted by molar-refractivity contribution is -0.137. The summed E-state index contributed by atoms with van der Waals surface area (Å²) in [4.78, 5) is 7.86. The molecule has 0 unspecified atom stereocenters. The molecular weight excluding hydrogens is 387 g/mol. The highest BCUT2D eigenvalue weighted by Gasteiger charge is 2.33. The second kappa shape index (κ2) is 10.4. The van der Waals surface area contributed by atoms with Gasteiger partial charge < -0.3 is 25.4 Å². The van der Waals surface area contributed by atoms with E-state index in [1.165, 1.54) is 12.3 Å². The number of aromatic nitrogens is 1. The zero-order valence-corrected chi connectivity index (χ0v) is 16.4. The lowest BCUT2D eigenvalue weighted by atomic mass is 10.2. The number of anilines is 1. The minimum absolute atomic E-state index is 0.201. The summed E-state index contributed by atoms with van der Waals surface area (Å²) < 4.78 is 49.4. The fourth-order valence-corrected chi connectivity index (χ4v) is 2.53. The lowest BCUT2D eigenvalue weighted by Gasteiger charge is -2.16. The highest BCUT2D eigenvalue weighted by molar-refractivity contribution is 5.79. The Kier molecular flexibility index (Phi) is 7.93. The molecule has 1 aromatic carbocycles. The van der Waals surface area contributed by atoms with Crippen molar-refractivity contribution in [1.29, 1.82) is 0 Å². The van der Waals surface area contributed by atoms with Crippen LogP contribution in [0.1, 0.15) is 11.1 Å². The van der Waals surface area contributed by atoms with E-state index >= 15 is 0 Å². The summed E-state index contributed by atoms with van der Waals surface area (Å²) in [5.41, 5.74) is 0.104. The van der Waals surface area contributed by atoms with Crippen molar-refractivity contribution in [3.8, 4) is 11.5 Å². The highest BCUT2D eigenvalue weighted by Crippen LogP contribution is 2.33. The first-order chi connectivity index (χ1) is 13.9. The molecule has 0 radical (unpaired) electrons. The fourth-order valence-electron chi connectivity index (χ4n) is 2.53. The molecule has 0 aliphatic carbocycles. The van der Waals surface area contributed by atoms with Crippen LogP contribution in [0.5, 0.6) is 11.5 Å². The number of pyridine rings is 1. The second-order valence-corrected chi connectivity index (χ2v) is 5.85. The van der Waals surface area contributed by atoms with Gasteiger partial charge in [0.1, 0.15) is 17.3 Å². The van der Waals surface area contributed by atoms with Crippen LogP contribution < -0.4 is 25.4 Å². The quantitative estimate of drug-likeness (QED) is 0.352. The van der Waals surface area contributed by atoms with E-state index in [2.05, 4.69) is 25.9 Å². The Morgan fingerprint density at radius 2 is 1.90 bits per heavy atom. The van der Waals surface area contributed by atoms with E-state index < -0.39 is 11.7 Å². The highest BCUT2D eigenvalue weighted by atomic mass is 19.4. The number of aliphatic imine (C=N–C) groups is 1. The van der Waals surface area contributed by atoms with Gasteiger partial charge in [0.25, 0.3) is 0 Å². The average molecular weight is 411 g/mol. The van der Waals surface area contributed by atoms with Crippen LogP contribution in [0.3, 0.4) is 0 Å². The van der Waals surface area contributed by atoms with Gasteiger partial charge in [-0.2, -0.15) is 13.2 Å². The molecule has 0 aliphatic heterocycles. The molecule has 1 aromatic heterocycles. The average Bonchev–Trinajstić information content (AvgIpc) is 2.72. The lowest BCUT2D eigenvalue weighted by Crippen LogP contribution is -2.39. The van der Waals surface area contributed by atoms with E-state index in [0.29, 0.717) is 30.5 Å². The summed E-state index contributed by atoms with van der Waals surface area (Å²) in [6.45, 7) is 1.01. The van der Waals surface area contributed by atoms with Crippen molar-refractivity contribution in [3.63, 3.8) is 0 Å². The van der Waals surface area contributed by atoms with E-state index in [9.17, 15) is 13.2 Å². The molecule has 2 aromatic rings. The van der Waals surface area contributed by atoms with Crippen LogP contribution in [0.15, 0.2) is 41.5 Å². The van der Waals surface area contributed by atoms with Gasteiger partial charge in [-0.25, -0.2) is 4.98 Å². The Balaban J connectivity index is 1.85. The van der Waals surface area contributed by atoms with Crippen LogP contribution in [-0.2, 0) is 12.7 Å². The summed E-state index contributed by atoms with van der Waals surface area (Å²) in [6, 6.07) is 7.73. The van der Waals surface area contributed by atoms with Crippen molar-refractivity contribution in [2.45, 2.75) is 12.7 Å². The molecule has 0 saturated heterocycles. The molecule has 0 fully saturated rings. The van der Waals surface area contributed by atoms with Crippen LogP contribution in [-0.4, -0.2) is 45.3 Å². The van der Waals surface area contributed by atoms with Crippen LogP contribution in [0, 0.1) is 0 Å². The van der Waals surface area contributed by atoms with E-state index in [4.69, 9.17) is 9.47 Å². The summed E-state index contributed by atoms with van der Waals surface area (Å²) in [5, 5.41) is 8.85. The van der Waals surface area contributed by atoms with Crippen LogP contribution >= 0.6 is 0 Å². The number of methoxy groups -OCH3 is 2. The zero-order valence-electron chi connectivity index (χ0n) is 16.4. The maximum Gasteiger partial charge on any atom is 0.419 e. The number of benzene rings is 1. The molecule has 29 heavy (non-hydrogen) atoms. The Labute approximate surface area is 167 Å². The number of halogens is 3. The van der Waals surface area contributed by atoms with Crippen molar-refractivity contribution in [2.24, 2.45) is 4.99 Å². The topological polar surface area (TPSA) is 79.8 Å². The summed E-state index contributed by atoms with van der Waals surface area (Å²) in [7, 11) is 4.76. The molecule has 0 spiro atoms. The SMILES string of the molecule is CN=C(NCCNc1ncccc1C(F)(F)F)NCc1ccc(OC)cc1OC. The van der Waals surface area contributed by atoms with Crippen LogP contribution in [0.25, 0.3) is 0 Å². The van der Waals surface area contributed by atoms with Gasteiger partial charge in [-0.05, 0) is 24.3 Å². The maximum atomic E-state index is 13.0. The first-order valence-electron chi connectivity index (χ1n) is 8.80. The van der Waals surface area contributed by atoms with Crippen LogP contribution in [0.2, 0.25) is 0 Å². The molecule has 0 saturated carbocycles. The van der Waals surface area contributed by atoms with Gasteiger partial charge in [-0.3, -0.25) is 4.99 Å². The molecule has 158 valence electrons. The van der Waals surface area contributed by atoms with Crippen molar-refractivity contribution in [1.82, 2.24) is 15.6 Å². The van der Waals surface area contributed by atoms with E-state index in [0.717, 1.165) is 11.6 Å². The molecule has 0 aliphatic rings. The van der Waals surface area contributed by atoms with Crippen molar-refractivity contribution < 1.29 is 22.6 Å². The summed E-state index contributed by atoms with van der Waals surface area (Å²) in [5.74, 6) is 1.66. The zero-order chi connectivity index (χ0) is 21.3. The van der Waals surface area contributed by atoms with Crippen molar-refractivity contribution in [3.05, 3.63) is 47.7 Å². The Morgan fingerprint density at radius 1 is 1.10 bits per heavy atom. The van der Waals surface area contributed by atoms with Gasteiger partial charge in [0, 0.05) is 44.5 Å². The van der Waals surface area contributed by atoms with Crippen molar-refractivity contribution >= 4 is 11.8 Å². The smallest absolute Gasteiger partial charge is 0.419 e. The molecule has 3 N–H and O–H groups in total. The Morgan fingerprint density at radius 3 is 2.55 bits per heavy atom. The molecule has 10 heteroatoms. The molecule has 0 atom stereocenters. The van der Waals surface area contributed by atoms with Crippen LogP contribution in [0.4, 0.5) is 19.0 Å². The van der Waals surface area contributed by atoms with Gasteiger partial charge >= 0.3 is 6.18 Å². The van der Waals surface area contributed by atoms with Gasteiger partial charge in [-0.15, -0.1) is 0 Å². The first-order valence-corrected chi connectivity index (χ1v) is 8.80. The van der Waals surface area contributed by atoms with Gasteiger partial charge in [0.15, 0.2) is 5.96 Å². The second-order valence-electron chi connectivity index (χ2n) is 5.85. The van der Waals surface area contributed by atoms with Gasteiger partial charge in [0.2, 0.25) is 0 Å². The molecule has 0 bridgehead atoms. The minimum atomic E-state index is -4.46. The molecule has 0 amide bonds. The number of ether oxygens (including phenoxy) is 2. The number of hydrogen-bond donors (Lipinski definition) is 3. The molecule has 2 rings (SSSR count). The predicted octanol–water partition coefficient (Wildman–Crippen LogP) is 2.89. The minimum Gasteiger partial charge on any atom is -0.497 e. The summed E-state index contributed by atoms with van der Waals surface area (Å²) in [6.07, 6.45) is -3.15. The number of guanidine groups is 1. The first kappa shape index (κ1) is 22.1. The van der Waals surface area contributed by atoms with Gasteiger partial charge in [-0.1, -0.05) is 0 Å².